The zero-order valence-electron chi connectivity index (χ0n) is 9.85. The lowest BCUT2D eigenvalue weighted by atomic mass is 9.86. The summed E-state index contributed by atoms with van der Waals surface area (Å²) in [6.45, 7) is 2.24. The van der Waals surface area contributed by atoms with Gasteiger partial charge in [-0.25, -0.2) is 4.79 Å². The Labute approximate surface area is 96.8 Å². The lowest BCUT2D eigenvalue weighted by Crippen LogP contribution is -2.14. The topological polar surface area (TPSA) is 38.8 Å². The molecule has 3 heteroatoms. The van der Waals surface area contributed by atoms with Crippen molar-refractivity contribution in [2.45, 2.75) is 51.2 Å². The van der Waals surface area contributed by atoms with Gasteiger partial charge in [-0.1, -0.05) is 19.3 Å². The maximum Gasteiger partial charge on any atom is 0.330 e. The molecule has 1 aliphatic heterocycles. The van der Waals surface area contributed by atoms with Crippen LogP contribution in [0.2, 0.25) is 0 Å². The monoisotopic (exact) mass is 224 g/mol. The van der Waals surface area contributed by atoms with Gasteiger partial charge in [0.2, 0.25) is 0 Å². The minimum Gasteiger partial charge on any atom is -0.463 e. The van der Waals surface area contributed by atoms with E-state index < -0.39 is 0 Å². The van der Waals surface area contributed by atoms with E-state index in [0.29, 0.717) is 18.6 Å². The first kappa shape index (κ1) is 11.6. The maximum absolute atomic E-state index is 11.1. The van der Waals surface area contributed by atoms with Crippen molar-refractivity contribution in [3.63, 3.8) is 0 Å². The Bertz CT molecular complexity index is 266. The average molecular weight is 224 g/mol. The Kier molecular flexibility index (Phi) is 3.99. The van der Waals surface area contributed by atoms with Crippen LogP contribution in [0, 0.1) is 5.92 Å². The van der Waals surface area contributed by atoms with Crippen molar-refractivity contribution < 1.29 is 14.3 Å². The zero-order valence-corrected chi connectivity index (χ0v) is 9.85. The van der Waals surface area contributed by atoms with Crippen LogP contribution in [-0.2, 0) is 14.3 Å². The molecule has 1 saturated carbocycles. The smallest absolute Gasteiger partial charge is 0.330 e. The number of ether oxygens (including phenoxy) is 2. The Hall–Kier alpha value is -0.830. The van der Waals surface area contributed by atoms with Crippen LogP contribution >= 0.6 is 0 Å². The first-order valence-corrected chi connectivity index (χ1v) is 6.31. The molecule has 0 aromatic rings. The van der Waals surface area contributed by atoms with Crippen molar-refractivity contribution in [2.75, 3.05) is 6.61 Å². The molecule has 90 valence electrons. The van der Waals surface area contributed by atoms with E-state index in [0.717, 1.165) is 0 Å². The summed E-state index contributed by atoms with van der Waals surface area (Å²) in [6.07, 6.45) is 10.5. The lowest BCUT2D eigenvalue weighted by Gasteiger charge is -2.19. The second-order valence-corrected chi connectivity index (χ2v) is 4.57. The Morgan fingerprint density at radius 1 is 1.38 bits per heavy atom. The van der Waals surface area contributed by atoms with Crippen LogP contribution in [0.4, 0.5) is 0 Å². The molecular weight excluding hydrogens is 204 g/mol. The van der Waals surface area contributed by atoms with Crippen LogP contribution in [0.1, 0.15) is 39.0 Å². The van der Waals surface area contributed by atoms with Gasteiger partial charge in [-0.15, -0.1) is 0 Å². The molecule has 16 heavy (non-hydrogen) atoms. The Morgan fingerprint density at radius 3 is 2.81 bits per heavy atom. The average Bonchev–Trinajstić information content (AvgIpc) is 3.07. The molecule has 1 saturated heterocycles. The molecule has 0 bridgehead atoms. The van der Waals surface area contributed by atoms with E-state index in [-0.39, 0.29) is 12.1 Å². The number of carbonyl (C=O) groups is 1. The molecule has 0 radical (unpaired) electrons. The van der Waals surface area contributed by atoms with Crippen LogP contribution in [0.25, 0.3) is 0 Å². The minimum atomic E-state index is -0.264. The number of esters is 1. The molecule has 0 amide bonds. The third-order valence-electron chi connectivity index (χ3n) is 3.38. The van der Waals surface area contributed by atoms with Crippen LogP contribution < -0.4 is 0 Å². The van der Waals surface area contributed by atoms with Gasteiger partial charge in [0.25, 0.3) is 0 Å². The summed E-state index contributed by atoms with van der Waals surface area (Å²) in [5, 5.41) is 0. The second kappa shape index (κ2) is 5.48. The summed E-state index contributed by atoms with van der Waals surface area (Å²) >= 11 is 0. The molecule has 3 nitrogen and oxygen atoms in total. The molecule has 2 aliphatic rings. The molecule has 1 aliphatic carbocycles. The largest absolute Gasteiger partial charge is 0.463 e. The van der Waals surface area contributed by atoms with Crippen molar-refractivity contribution in [3.8, 4) is 0 Å². The van der Waals surface area contributed by atoms with Crippen LogP contribution in [-0.4, -0.2) is 24.8 Å². The highest BCUT2D eigenvalue weighted by molar-refractivity contribution is 5.82. The van der Waals surface area contributed by atoms with Crippen LogP contribution in [0.15, 0.2) is 12.2 Å². The van der Waals surface area contributed by atoms with Crippen LogP contribution in [0.5, 0.6) is 0 Å². The summed E-state index contributed by atoms with van der Waals surface area (Å²) < 4.78 is 10.4. The van der Waals surface area contributed by atoms with E-state index in [4.69, 9.17) is 9.47 Å². The van der Waals surface area contributed by atoms with E-state index in [1.807, 2.05) is 13.0 Å². The zero-order chi connectivity index (χ0) is 11.4. The number of epoxide rings is 1. The molecule has 0 unspecified atom stereocenters. The standard InChI is InChI=1S/C13H20O3/c1-2-15-12(14)9-8-11-13(16-11)10-6-4-3-5-7-10/h8-11,13H,2-7H2,1H3/b9-8+/t11-,13-/m0/s1. The van der Waals surface area contributed by atoms with E-state index in [1.165, 1.54) is 38.2 Å². The number of hydrogen-bond donors (Lipinski definition) is 0. The predicted molar refractivity (Wildman–Crippen MR) is 61.0 cm³/mol. The van der Waals surface area contributed by atoms with E-state index in [9.17, 15) is 4.79 Å². The Morgan fingerprint density at radius 2 is 2.12 bits per heavy atom. The molecule has 0 spiro atoms. The molecule has 2 atom stereocenters. The molecule has 0 aromatic heterocycles. The van der Waals surface area contributed by atoms with Gasteiger partial charge in [-0.3, -0.25) is 0 Å². The van der Waals surface area contributed by atoms with Gasteiger partial charge in [0.1, 0.15) is 6.10 Å². The minimum absolute atomic E-state index is 0.160. The van der Waals surface area contributed by atoms with E-state index in [1.54, 1.807) is 0 Å². The van der Waals surface area contributed by atoms with Crippen molar-refractivity contribution in [2.24, 2.45) is 5.92 Å². The number of hydrogen-bond acceptors (Lipinski definition) is 3. The van der Waals surface area contributed by atoms with E-state index in [2.05, 4.69) is 0 Å². The lowest BCUT2D eigenvalue weighted by molar-refractivity contribution is -0.137. The third kappa shape index (κ3) is 3.08. The summed E-state index contributed by atoms with van der Waals surface area (Å²) in [5.74, 6) is 0.450. The van der Waals surface area contributed by atoms with Gasteiger partial charge >= 0.3 is 5.97 Å². The maximum atomic E-state index is 11.1. The van der Waals surface area contributed by atoms with Crippen molar-refractivity contribution in [3.05, 3.63) is 12.2 Å². The Balaban J connectivity index is 1.71. The molecule has 0 aromatic carbocycles. The fraction of sp³-hybridized carbons (Fsp3) is 0.769. The fourth-order valence-electron chi connectivity index (χ4n) is 2.50. The molecule has 2 rings (SSSR count). The van der Waals surface area contributed by atoms with Gasteiger partial charge in [-0.2, -0.15) is 0 Å². The number of rotatable bonds is 4. The summed E-state index contributed by atoms with van der Waals surface area (Å²) in [6, 6.07) is 0. The van der Waals surface area contributed by atoms with Gasteiger partial charge in [0.05, 0.1) is 12.7 Å². The first-order chi connectivity index (χ1) is 7.81. The van der Waals surface area contributed by atoms with Gasteiger partial charge in [-0.05, 0) is 31.8 Å². The third-order valence-corrected chi connectivity index (χ3v) is 3.38. The highest BCUT2D eigenvalue weighted by Gasteiger charge is 2.42. The summed E-state index contributed by atoms with van der Waals surface area (Å²) in [5.41, 5.74) is 0. The fourth-order valence-corrected chi connectivity index (χ4v) is 2.50. The summed E-state index contributed by atoms with van der Waals surface area (Å²) in [7, 11) is 0. The van der Waals surface area contributed by atoms with Crippen molar-refractivity contribution in [1.82, 2.24) is 0 Å². The normalized spacial score (nSPS) is 30.6. The molecular formula is C13H20O3. The van der Waals surface area contributed by atoms with Crippen LogP contribution in [0.3, 0.4) is 0 Å². The quantitative estimate of drug-likeness (QED) is 0.418. The van der Waals surface area contributed by atoms with Gasteiger partial charge < -0.3 is 9.47 Å². The van der Waals surface area contributed by atoms with Gasteiger partial charge in [0.15, 0.2) is 0 Å². The molecule has 1 heterocycles. The molecule has 0 N–H and O–H groups in total. The number of carbonyl (C=O) groups excluding carboxylic acids is 1. The second-order valence-electron chi connectivity index (χ2n) is 4.57. The SMILES string of the molecule is CCOC(=O)/C=C/[C@@H]1O[C@H]1C1CCCCC1. The predicted octanol–water partition coefficient (Wildman–Crippen LogP) is 2.45. The van der Waals surface area contributed by atoms with Crippen molar-refractivity contribution >= 4 is 5.97 Å². The van der Waals surface area contributed by atoms with Gasteiger partial charge in [0, 0.05) is 6.08 Å². The van der Waals surface area contributed by atoms with E-state index >= 15 is 0 Å². The highest BCUT2D eigenvalue weighted by atomic mass is 16.6. The van der Waals surface area contributed by atoms with Crippen molar-refractivity contribution in [1.29, 1.82) is 0 Å². The summed E-state index contributed by atoms with van der Waals surface area (Å²) in [4.78, 5) is 11.1. The first-order valence-electron chi connectivity index (χ1n) is 6.31. The highest BCUT2D eigenvalue weighted by Crippen LogP contribution is 2.38. The molecule has 2 fully saturated rings.